The number of aromatic nitrogens is 3. The zero-order valence-electron chi connectivity index (χ0n) is 6.60. The Morgan fingerprint density at radius 3 is 3.08 bits per heavy atom. The second-order valence-corrected chi connectivity index (χ2v) is 2.19. The minimum absolute atomic E-state index is 0.169. The van der Waals surface area contributed by atoms with Gasteiger partial charge in [-0.3, -0.25) is 4.68 Å². The third-order valence-corrected chi connectivity index (χ3v) is 1.26. The van der Waals surface area contributed by atoms with Gasteiger partial charge < -0.3 is 9.84 Å². The molecule has 0 aliphatic rings. The predicted molar refractivity (Wildman–Crippen MR) is 38.3 cm³/mol. The number of hydrogen-bond donors (Lipinski definition) is 1. The molecule has 0 saturated carbocycles. The van der Waals surface area contributed by atoms with Gasteiger partial charge in [-0.15, -0.1) is 0 Å². The molecular formula is C6H9N3O3. The maximum absolute atomic E-state index is 10.0. The number of aliphatic carboxylic acids is 1. The Kier molecular flexibility index (Phi) is 2.76. The summed E-state index contributed by atoms with van der Waals surface area (Å²) in [6.07, 6.45) is 1.39. The van der Waals surface area contributed by atoms with E-state index in [9.17, 15) is 4.79 Å². The first-order valence-electron chi connectivity index (χ1n) is 3.32. The third-order valence-electron chi connectivity index (χ3n) is 1.26. The highest BCUT2D eigenvalue weighted by Gasteiger charge is 2.01. The quantitative estimate of drug-likeness (QED) is 0.655. The SMILES string of the molecule is Cn1ncnc1COCC(=O)O. The van der Waals surface area contributed by atoms with Crippen molar-refractivity contribution in [3.8, 4) is 0 Å². The zero-order chi connectivity index (χ0) is 8.97. The first-order valence-corrected chi connectivity index (χ1v) is 3.32. The zero-order valence-corrected chi connectivity index (χ0v) is 6.60. The summed E-state index contributed by atoms with van der Waals surface area (Å²) < 4.78 is 6.33. The highest BCUT2D eigenvalue weighted by Crippen LogP contribution is 1.92. The molecule has 1 aromatic rings. The monoisotopic (exact) mass is 171 g/mol. The maximum atomic E-state index is 10.0. The number of ether oxygens (including phenoxy) is 1. The molecule has 0 spiro atoms. The largest absolute Gasteiger partial charge is 0.480 e. The van der Waals surface area contributed by atoms with E-state index in [0.29, 0.717) is 5.82 Å². The van der Waals surface area contributed by atoms with Crippen LogP contribution in [0.15, 0.2) is 6.33 Å². The smallest absolute Gasteiger partial charge is 0.329 e. The fraction of sp³-hybridized carbons (Fsp3) is 0.500. The summed E-state index contributed by atoms with van der Waals surface area (Å²) in [7, 11) is 1.71. The van der Waals surface area contributed by atoms with Crippen LogP contribution in [0.2, 0.25) is 0 Å². The van der Waals surface area contributed by atoms with Crippen molar-refractivity contribution in [2.45, 2.75) is 6.61 Å². The second kappa shape index (κ2) is 3.82. The lowest BCUT2D eigenvalue weighted by Crippen LogP contribution is -2.09. The highest BCUT2D eigenvalue weighted by molar-refractivity contribution is 5.67. The van der Waals surface area contributed by atoms with Crippen molar-refractivity contribution in [1.82, 2.24) is 14.8 Å². The summed E-state index contributed by atoms with van der Waals surface area (Å²) in [5, 5.41) is 12.0. The Bertz CT molecular complexity index is 271. The number of carbonyl (C=O) groups is 1. The van der Waals surface area contributed by atoms with E-state index in [4.69, 9.17) is 9.84 Å². The molecule has 0 saturated heterocycles. The molecule has 1 aromatic heterocycles. The second-order valence-electron chi connectivity index (χ2n) is 2.19. The van der Waals surface area contributed by atoms with Gasteiger partial charge in [-0.25, -0.2) is 9.78 Å². The average molecular weight is 171 g/mol. The molecule has 1 heterocycles. The normalized spacial score (nSPS) is 10.1. The number of nitrogens with zero attached hydrogens (tertiary/aromatic N) is 3. The fourth-order valence-electron chi connectivity index (χ4n) is 0.680. The van der Waals surface area contributed by atoms with Gasteiger partial charge in [0.25, 0.3) is 0 Å². The minimum Gasteiger partial charge on any atom is -0.480 e. The lowest BCUT2D eigenvalue weighted by molar-refractivity contribution is -0.142. The third kappa shape index (κ3) is 2.31. The molecule has 1 N–H and O–H groups in total. The van der Waals surface area contributed by atoms with E-state index in [1.54, 1.807) is 7.05 Å². The molecule has 0 bridgehead atoms. The number of carboxylic acids is 1. The molecule has 0 amide bonds. The summed E-state index contributed by atoms with van der Waals surface area (Å²) in [5.41, 5.74) is 0. The van der Waals surface area contributed by atoms with Crippen LogP contribution in [0.3, 0.4) is 0 Å². The van der Waals surface area contributed by atoms with Gasteiger partial charge in [0, 0.05) is 7.05 Å². The van der Waals surface area contributed by atoms with Gasteiger partial charge in [-0.2, -0.15) is 5.10 Å². The Morgan fingerprint density at radius 1 is 1.83 bits per heavy atom. The number of aryl methyl sites for hydroxylation is 1. The summed E-state index contributed by atoms with van der Waals surface area (Å²) in [6.45, 7) is -0.143. The van der Waals surface area contributed by atoms with Crippen LogP contribution < -0.4 is 0 Å². The van der Waals surface area contributed by atoms with Gasteiger partial charge in [0.1, 0.15) is 19.5 Å². The molecule has 66 valence electrons. The lowest BCUT2D eigenvalue weighted by atomic mass is 10.6. The Hall–Kier alpha value is -1.43. The summed E-state index contributed by atoms with van der Waals surface area (Å²) in [6, 6.07) is 0. The van der Waals surface area contributed by atoms with Crippen molar-refractivity contribution in [2.75, 3.05) is 6.61 Å². The predicted octanol–water partition coefficient (Wildman–Crippen LogP) is -0.584. The summed E-state index contributed by atoms with van der Waals surface area (Å²) in [5.74, 6) is -0.381. The molecular weight excluding hydrogens is 162 g/mol. The van der Waals surface area contributed by atoms with E-state index >= 15 is 0 Å². The number of hydrogen-bond acceptors (Lipinski definition) is 4. The first-order chi connectivity index (χ1) is 5.70. The Labute approximate surface area is 68.8 Å². The summed E-state index contributed by atoms with van der Waals surface area (Å²) >= 11 is 0. The molecule has 12 heavy (non-hydrogen) atoms. The van der Waals surface area contributed by atoms with Crippen LogP contribution in [-0.4, -0.2) is 32.4 Å². The van der Waals surface area contributed by atoms with Gasteiger partial charge in [0.2, 0.25) is 0 Å². The molecule has 6 heteroatoms. The summed E-state index contributed by atoms with van der Waals surface area (Å²) in [4.78, 5) is 13.9. The molecule has 0 atom stereocenters. The van der Waals surface area contributed by atoms with Crippen LogP contribution in [0.25, 0.3) is 0 Å². The fourth-order valence-corrected chi connectivity index (χ4v) is 0.680. The highest BCUT2D eigenvalue weighted by atomic mass is 16.5. The van der Waals surface area contributed by atoms with Crippen molar-refractivity contribution < 1.29 is 14.6 Å². The molecule has 0 fully saturated rings. The first kappa shape index (κ1) is 8.66. The van der Waals surface area contributed by atoms with E-state index in [-0.39, 0.29) is 13.2 Å². The van der Waals surface area contributed by atoms with Gasteiger partial charge in [0.15, 0.2) is 5.82 Å². The van der Waals surface area contributed by atoms with Gasteiger partial charge in [0.05, 0.1) is 0 Å². The number of carboxylic acid groups (broad SMARTS) is 1. The molecule has 0 aliphatic heterocycles. The molecule has 6 nitrogen and oxygen atoms in total. The van der Waals surface area contributed by atoms with E-state index in [2.05, 4.69) is 10.1 Å². The average Bonchev–Trinajstić information content (AvgIpc) is 2.36. The van der Waals surface area contributed by atoms with Gasteiger partial charge in [-0.05, 0) is 0 Å². The standard InChI is InChI=1S/C6H9N3O3/c1-9-5(7-4-8-9)2-12-3-6(10)11/h4H,2-3H2,1H3,(H,10,11). The van der Waals surface area contributed by atoms with E-state index in [1.807, 2.05) is 0 Å². The molecule has 1 rings (SSSR count). The van der Waals surface area contributed by atoms with Crippen LogP contribution in [-0.2, 0) is 23.2 Å². The van der Waals surface area contributed by atoms with E-state index < -0.39 is 5.97 Å². The van der Waals surface area contributed by atoms with Crippen molar-refractivity contribution >= 4 is 5.97 Å². The molecule has 0 unspecified atom stereocenters. The van der Waals surface area contributed by atoms with Crippen LogP contribution in [0.5, 0.6) is 0 Å². The van der Waals surface area contributed by atoms with Crippen molar-refractivity contribution in [2.24, 2.45) is 7.05 Å². The van der Waals surface area contributed by atoms with E-state index in [1.165, 1.54) is 11.0 Å². The molecule has 0 aromatic carbocycles. The van der Waals surface area contributed by atoms with Crippen molar-refractivity contribution in [3.05, 3.63) is 12.2 Å². The Balaban J connectivity index is 2.33. The van der Waals surface area contributed by atoms with Gasteiger partial charge >= 0.3 is 5.97 Å². The van der Waals surface area contributed by atoms with Gasteiger partial charge in [-0.1, -0.05) is 0 Å². The van der Waals surface area contributed by atoms with Crippen LogP contribution in [0.1, 0.15) is 5.82 Å². The van der Waals surface area contributed by atoms with E-state index in [0.717, 1.165) is 0 Å². The molecule has 0 aliphatic carbocycles. The van der Waals surface area contributed by atoms with Crippen molar-refractivity contribution in [3.63, 3.8) is 0 Å². The molecule has 0 radical (unpaired) electrons. The van der Waals surface area contributed by atoms with Crippen LogP contribution >= 0.6 is 0 Å². The minimum atomic E-state index is -0.989. The van der Waals surface area contributed by atoms with Crippen molar-refractivity contribution in [1.29, 1.82) is 0 Å². The Morgan fingerprint density at radius 2 is 2.58 bits per heavy atom. The maximum Gasteiger partial charge on any atom is 0.329 e. The van der Waals surface area contributed by atoms with Crippen LogP contribution in [0, 0.1) is 0 Å². The number of rotatable bonds is 4. The topological polar surface area (TPSA) is 77.2 Å². The van der Waals surface area contributed by atoms with Crippen LogP contribution in [0.4, 0.5) is 0 Å². The lowest BCUT2D eigenvalue weighted by Gasteiger charge is -1.99.